The number of aliphatic hydroxyl groups excluding tert-OH is 1. The minimum absolute atomic E-state index is 0.0747. The van der Waals surface area contributed by atoms with E-state index in [4.69, 9.17) is 0 Å². The Morgan fingerprint density at radius 2 is 1.30 bits per heavy atom. The third kappa shape index (κ3) is 1.83. The van der Waals surface area contributed by atoms with E-state index in [2.05, 4.69) is 80.6 Å². The molecule has 0 saturated carbocycles. The molecule has 3 aromatic rings. The van der Waals surface area contributed by atoms with Crippen molar-refractivity contribution in [2.45, 2.75) is 19.3 Å². The number of aryl methyl sites for hydroxylation is 2. The first-order valence-corrected chi connectivity index (χ1v) is 8.06. The molecule has 0 saturated heterocycles. The van der Waals surface area contributed by atoms with E-state index in [-0.39, 0.29) is 6.61 Å². The first-order chi connectivity index (χ1) is 11.2. The summed E-state index contributed by atoms with van der Waals surface area (Å²) in [6.45, 7) is 4.32. The molecule has 0 atom stereocenters. The Morgan fingerprint density at radius 3 is 1.87 bits per heavy atom. The molecule has 0 bridgehead atoms. The van der Waals surface area contributed by atoms with Gasteiger partial charge in [-0.05, 0) is 47.2 Å². The van der Waals surface area contributed by atoms with Crippen LogP contribution in [0.15, 0.2) is 66.7 Å². The van der Waals surface area contributed by atoms with Crippen LogP contribution >= 0.6 is 0 Å². The van der Waals surface area contributed by atoms with E-state index in [1.807, 2.05) is 0 Å². The van der Waals surface area contributed by atoms with Gasteiger partial charge >= 0.3 is 0 Å². The van der Waals surface area contributed by atoms with Crippen LogP contribution in [0.3, 0.4) is 0 Å². The van der Waals surface area contributed by atoms with Crippen LogP contribution < -0.4 is 0 Å². The highest BCUT2D eigenvalue weighted by atomic mass is 16.3. The summed E-state index contributed by atoms with van der Waals surface area (Å²) in [5, 5.41) is 10.6. The van der Waals surface area contributed by atoms with E-state index in [1.165, 1.54) is 38.9 Å². The lowest BCUT2D eigenvalue weighted by Crippen LogP contribution is -2.32. The van der Waals surface area contributed by atoms with E-state index >= 15 is 0 Å². The number of benzene rings is 3. The average molecular weight is 300 g/mol. The summed E-state index contributed by atoms with van der Waals surface area (Å²) in [5.74, 6) is 0. The van der Waals surface area contributed by atoms with Crippen molar-refractivity contribution in [3.8, 4) is 11.1 Å². The van der Waals surface area contributed by atoms with Gasteiger partial charge in [0.2, 0.25) is 0 Å². The third-order valence-corrected chi connectivity index (χ3v) is 5.15. The van der Waals surface area contributed by atoms with Crippen molar-refractivity contribution >= 4 is 0 Å². The van der Waals surface area contributed by atoms with Gasteiger partial charge in [0, 0.05) is 0 Å². The molecule has 1 nitrogen and oxygen atoms in total. The number of hydrogen-bond acceptors (Lipinski definition) is 1. The molecule has 0 aromatic heterocycles. The number of fused-ring (bicyclic) bond motifs is 3. The minimum atomic E-state index is -0.469. The molecule has 1 aliphatic rings. The largest absolute Gasteiger partial charge is 0.395 e. The molecule has 114 valence electrons. The van der Waals surface area contributed by atoms with E-state index in [0.717, 1.165) is 0 Å². The predicted molar refractivity (Wildman–Crippen MR) is 94.8 cm³/mol. The molecule has 1 aliphatic carbocycles. The second kappa shape index (κ2) is 5.07. The molecular weight excluding hydrogens is 280 g/mol. The Bertz CT molecular complexity index is 846. The van der Waals surface area contributed by atoms with Gasteiger partial charge in [-0.15, -0.1) is 0 Å². The van der Waals surface area contributed by atoms with Crippen molar-refractivity contribution in [3.05, 3.63) is 94.5 Å². The molecule has 1 heteroatoms. The number of hydrogen-bond donors (Lipinski definition) is 1. The molecule has 0 aliphatic heterocycles. The Kier molecular flexibility index (Phi) is 3.14. The highest BCUT2D eigenvalue weighted by Gasteiger charge is 2.44. The maximum absolute atomic E-state index is 10.6. The quantitative estimate of drug-likeness (QED) is 0.732. The maximum atomic E-state index is 10.6. The molecule has 0 unspecified atom stereocenters. The lowest BCUT2D eigenvalue weighted by Gasteiger charge is -2.32. The van der Waals surface area contributed by atoms with Crippen molar-refractivity contribution in [2.24, 2.45) is 0 Å². The highest BCUT2D eigenvalue weighted by molar-refractivity contribution is 5.83. The summed E-state index contributed by atoms with van der Waals surface area (Å²) in [7, 11) is 0. The minimum Gasteiger partial charge on any atom is -0.395 e. The predicted octanol–water partition coefficient (Wildman–Crippen LogP) is 4.61. The molecule has 4 rings (SSSR count). The zero-order valence-corrected chi connectivity index (χ0v) is 13.5. The van der Waals surface area contributed by atoms with Crippen molar-refractivity contribution in [1.82, 2.24) is 0 Å². The van der Waals surface area contributed by atoms with Crippen LogP contribution in [0.4, 0.5) is 0 Å². The van der Waals surface area contributed by atoms with Crippen molar-refractivity contribution < 1.29 is 5.11 Å². The van der Waals surface area contributed by atoms with Gasteiger partial charge in [0.25, 0.3) is 0 Å². The van der Waals surface area contributed by atoms with Crippen molar-refractivity contribution in [3.63, 3.8) is 0 Å². The first kappa shape index (κ1) is 14.2. The lowest BCUT2D eigenvalue weighted by atomic mass is 9.71. The van der Waals surface area contributed by atoms with Crippen LogP contribution in [0, 0.1) is 13.8 Å². The van der Waals surface area contributed by atoms with Crippen LogP contribution in [-0.4, -0.2) is 11.7 Å². The van der Waals surface area contributed by atoms with E-state index in [1.54, 1.807) is 0 Å². The van der Waals surface area contributed by atoms with Crippen LogP contribution in [0.5, 0.6) is 0 Å². The van der Waals surface area contributed by atoms with Crippen molar-refractivity contribution in [1.29, 1.82) is 0 Å². The molecule has 0 radical (unpaired) electrons. The topological polar surface area (TPSA) is 20.2 Å². The van der Waals surface area contributed by atoms with Crippen LogP contribution in [0.25, 0.3) is 11.1 Å². The van der Waals surface area contributed by atoms with Gasteiger partial charge in [0.05, 0.1) is 12.0 Å². The zero-order valence-electron chi connectivity index (χ0n) is 13.5. The Labute approximate surface area is 137 Å². The zero-order chi connectivity index (χ0) is 16.0. The molecule has 1 N–H and O–H groups in total. The summed E-state index contributed by atoms with van der Waals surface area (Å²) in [4.78, 5) is 0. The van der Waals surface area contributed by atoms with E-state index in [0.29, 0.717) is 0 Å². The van der Waals surface area contributed by atoms with Gasteiger partial charge in [0.15, 0.2) is 0 Å². The SMILES string of the molecule is Cc1ccc(C)c(C2(CO)c3ccccc3-c3ccccc32)c1. The highest BCUT2D eigenvalue weighted by Crippen LogP contribution is 2.52. The van der Waals surface area contributed by atoms with Crippen molar-refractivity contribution in [2.75, 3.05) is 6.61 Å². The van der Waals surface area contributed by atoms with Gasteiger partial charge in [-0.25, -0.2) is 0 Å². The van der Waals surface area contributed by atoms with Crippen LogP contribution in [-0.2, 0) is 5.41 Å². The fourth-order valence-electron chi connectivity index (χ4n) is 4.07. The van der Waals surface area contributed by atoms with E-state index in [9.17, 15) is 5.11 Å². The Morgan fingerprint density at radius 1 is 0.739 bits per heavy atom. The summed E-state index contributed by atoms with van der Waals surface area (Å²) in [6, 6.07) is 23.5. The van der Waals surface area contributed by atoms with Gasteiger partial charge in [0.1, 0.15) is 0 Å². The molecular formula is C22H20O. The second-order valence-corrected chi connectivity index (χ2v) is 6.47. The van der Waals surface area contributed by atoms with Crippen LogP contribution in [0.1, 0.15) is 27.8 Å². The summed E-state index contributed by atoms with van der Waals surface area (Å²) >= 11 is 0. The average Bonchev–Trinajstić information content (AvgIpc) is 2.88. The molecule has 0 amide bonds. The van der Waals surface area contributed by atoms with Gasteiger partial charge in [-0.3, -0.25) is 0 Å². The lowest BCUT2D eigenvalue weighted by molar-refractivity contribution is 0.245. The maximum Gasteiger partial charge on any atom is 0.0696 e. The number of rotatable bonds is 2. The second-order valence-electron chi connectivity index (χ2n) is 6.47. The standard InChI is InChI=1S/C22H20O/c1-15-11-12-16(2)21(13-15)22(14-23)19-9-5-3-7-17(19)18-8-4-6-10-20(18)22/h3-13,23H,14H2,1-2H3. The van der Waals surface area contributed by atoms with E-state index < -0.39 is 5.41 Å². The molecule has 3 aromatic carbocycles. The summed E-state index contributed by atoms with van der Waals surface area (Å²) < 4.78 is 0. The summed E-state index contributed by atoms with van der Waals surface area (Å²) in [5.41, 5.74) is 8.06. The number of aliphatic hydroxyl groups is 1. The Balaban J connectivity index is 2.14. The van der Waals surface area contributed by atoms with Crippen LogP contribution in [0.2, 0.25) is 0 Å². The first-order valence-electron chi connectivity index (χ1n) is 8.06. The smallest absolute Gasteiger partial charge is 0.0696 e. The Hall–Kier alpha value is -2.38. The van der Waals surface area contributed by atoms with Gasteiger partial charge in [-0.1, -0.05) is 72.3 Å². The normalized spacial score (nSPS) is 14.4. The van der Waals surface area contributed by atoms with Gasteiger partial charge < -0.3 is 5.11 Å². The molecule has 0 spiro atoms. The monoisotopic (exact) mass is 300 g/mol. The molecule has 0 fully saturated rings. The van der Waals surface area contributed by atoms with Gasteiger partial charge in [-0.2, -0.15) is 0 Å². The fraction of sp³-hybridized carbons (Fsp3) is 0.182. The summed E-state index contributed by atoms with van der Waals surface area (Å²) in [6.07, 6.45) is 0. The fourth-order valence-corrected chi connectivity index (χ4v) is 4.07. The third-order valence-electron chi connectivity index (χ3n) is 5.15. The molecule has 23 heavy (non-hydrogen) atoms. The molecule has 0 heterocycles.